The van der Waals surface area contributed by atoms with Crippen LogP contribution in [0.15, 0.2) is 48.5 Å². The van der Waals surface area contributed by atoms with Gasteiger partial charge in [0.15, 0.2) is 11.6 Å². The number of halogens is 2. The normalized spacial score (nSPS) is 10.1. The maximum atomic E-state index is 13.1. The summed E-state index contributed by atoms with van der Waals surface area (Å²) in [5.74, 6) is -2.10. The molecule has 0 spiro atoms. The molecule has 0 bridgehead atoms. The van der Waals surface area contributed by atoms with Crippen LogP contribution in [-0.2, 0) is 0 Å². The van der Waals surface area contributed by atoms with E-state index in [9.17, 15) is 13.6 Å². The zero-order valence-electron chi connectivity index (χ0n) is 9.18. The van der Waals surface area contributed by atoms with Crippen LogP contribution in [0.25, 0.3) is 0 Å². The third kappa shape index (κ3) is 2.29. The molecule has 1 amide bonds. The molecule has 2 aromatic carbocycles. The van der Waals surface area contributed by atoms with Crippen LogP contribution in [0.1, 0.15) is 0 Å². The Morgan fingerprint density at radius 2 is 1.61 bits per heavy atom. The van der Waals surface area contributed by atoms with Gasteiger partial charge in [-0.2, -0.15) is 0 Å². The molecule has 0 atom stereocenters. The lowest BCUT2D eigenvalue weighted by molar-refractivity contribution is 0.205. The molecule has 2 aromatic rings. The topological polar surface area (TPSA) is 40.5 Å². The number of para-hydroxylation sites is 1. The Labute approximate surface area is 102 Å². The Hall–Kier alpha value is -2.43. The summed E-state index contributed by atoms with van der Waals surface area (Å²) in [6.07, 6.45) is -1.27. The number of amides is 1. The number of rotatable bonds is 2. The average molecular weight is 249 g/mol. The van der Waals surface area contributed by atoms with Gasteiger partial charge in [0.1, 0.15) is 0 Å². The first kappa shape index (κ1) is 12.0. The molecule has 0 radical (unpaired) electrons. The number of carboxylic acid groups (broad SMARTS) is 1. The predicted molar refractivity (Wildman–Crippen MR) is 63.0 cm³/mol. The van der Waals surface area contributed by atoms with Crippen molar-refractivity contribution >= 4 is 17.5 Å². The minimum Gasteiger partial charge on any atom is -0.464 e. The van der Waals surface area contributed by atoms with E-state index in [-0.39, 0.29) is 5.69 Å². The van der Waals surface area contributed by atoms with Crippen LogP contribution in [0.4, 0.5) is 25.0 Å². The van der Waals surface area contributed by atoms with Gasteiger partial charge in [-0.3, -0.25) is 0 Å². The van der Waals surface area contributed by atoms with Crippen LogP contribution < -0.4 is 4.90 Å². The molecule has 0 saturated carbocycles. The minimum absolute atomic E-state index is 0.0487. The SMILES string of the molecule is O=C(O)N(c1ccccc1)c1ccc(F)c(F)c1. The van der Waals surface area contributed by atoms with E-state index >= 15 is 0 Å². The number of carbonyl (C=O) groups is 1. The fourth-order valence-electron chi connectivity index (χ4n) is 1.57. The van der Waals surface area contributed by atoms with E-state index in [1.54, 1.807) is 30.3 Å². The van der Waals surface area contributed by atoms with Gasteiger partial charge in [-0.1, -0.05) is 18.2 Å². The second-order valence-electron chi connectivity index (χ2n) is 3.55. The molecule has 18 heavy (non-hydrogen) atoms. The summed E-state index contributed by atoms with van der Waals surface area (Å²) < 4.78 is 25.9. The van der Waals surface area contributed by atoms with Gasteiger partial charge < -0.3 is 5.11 Å². The molecule has 92 valence electrons. The molecule has 0 aliphatic heterocycles. The Morgan fingerprint density at radius 1 is 0.944 bits per heavy atom. The van der Waals surface area contributed by atoms with Crippen LogP contribution in [0, 0.1) is 11.6 Å². The lowest BCUT2D eigenvalue weighted by Crippen LogP contribution is -2.23. The first-order valence-corrected chi connectivity index (χ1v) is 5.13. The molecule has 0 fully saturated rings. The van der Waals surface area contributed by atoms with Crippen molar-refractivity contribution in [3.8, 4) is 0 Å². The van der Waals surface area contributed by atoms with Gasteiger partial charge in [-0.05, 0) is 24.3 Å². The average Bonchev–Trinajstić information content (AvgIpc) is 2.35. The predicted octanol–water partition coefficient (Wildman–Crippen LogP) is 3.78. The van der Waals surface area contributed by atoms with E-state index in [0.29, 0.717) is 5.69 Å². The molecule has 0 heterocycles. The summed E-state index contributed by atoms with van der Waals surface area (Å²) in [5, 5.41) is 9.15. The van der Waals surface area contributed by atoms with Crippen molar-refractivity contribution in [3.05, 3.63) is 60.2 Å². The smallest absolute Gasteiger partial charge is 0.416 e. The van der Waals surface area contributed by atoms with E-state index in [0.717, 1.165) is 17.0 Å². The van der Waals surface area contributed by atoms with Crippen molar-refractivity contribution in [1.82, 2.24) is 0 Å². The van der Waals surface area contributed by atoms with Gasteiger partial charge in [0.25, 0.3) is 0 Å². The molecule has 0 aromatic heterocycles. The van der Waals surface area contributed by atoms with E-state index in [1.807, 2.05) is 0 Å². The lowest BCUT2D eigenvalue weighted by Gasteiger charge is -2.19. The van der Waals surface area contributed by atoms with Crippen LogP contribution in [0.3, 0.4) is 0 Å². The fourth-order valence-corrected chi connectivity index (χ4v) is 1.57. The van der Waals surface area contributed by atoms with Crippen LogP contribution >= 0.6 is 0 Å². The molecular formula is C13H9F2NO2. The van der Waals surface area contributed by atoms with Crippen LogP contribution in [0.2, 0.25) is 0 Å². The van der Waals surface area contributed by atoms with Crippen molar-refractivity contribution in [1.29, 1.82) is 0 Å². The quantitative estimate of drug-likeness (QED) is 0.879. The van der Waals surface area contributed by atoms with E-state index in [2.05, 4.69) is 0 Å². The zero-order chi connectivity index (χ0) is 13.1. The molecule has 5 heteroatoms. The largest absolute Gasteiger partial charge is 0.464 e. The van der Waals surface area contributed by atoms with E-state index < -0.39 is 17.7 Å². The van der Waals surface area contributed by atoms with Gasteiger partial charge >= 0.3 is 6.09 Å². The summed E-state index contributed by atoms with van der Waals surface area (Å²) in [4.78, 5) is 12.1. The first-order valence-electron chi connectivity index (χ1n) is 5.13. The highest BCUT2D eigenvalue weighted by Gasteiger charge is 2.17. The Balaban J connectivity index is 2.49. The molecule has 0 unspecified atom stereocenters. The maximum Gasteiger partial charge on any atom is 0.416 e. The maximum absolute atomic E-state index is 13.1. The third-order valence-corrected chi connectivity index (χ3v) is 2.37. The van der Waals surface area contributed by atoms with E-state index in [4.69, 9.17) is 5.11 Å². The van der Waals surface area contributed by atoms with Crippen molar-refractivity contribution in [3.63, 3.8) is 0 Å². The van der Waals surface area contributed by atoms with Gasteiger partial charge in [0.05, 0.1) is 11.4 Å². The molecule has 0 saturated heterocycles. The van der Waals surface area contributed by atoms with Gasteiger partial charge in [0, 0.05) is 6.07 Å². The number of hydrogen-bond donors (Lipinski definition) is 1. The molecule has 3 nitrogen and oxygen atoms in total. The van der Waals surface area contributed by atoms with Crippen molar-refractivity contribution in [2.75, 3.05) is 4.90 Å². The summed E-state index contributed by atoms with van der Waals surface area (Å²) in [6, 6.07) is 11.1. The number of hydrogen-bond acceptors (Lipinski definition) is 1. The van der Waals surface area contributed by atoms with Crippen molar-refractivity contribution in [2.45, 2.75) is 0 Å². The summed E-state index contributed by atoms with van der Waals surface area (Å²) >= 11 is 0. The molecule has 1 N–H and O–H groups in total. The lowest BCUT2D eigenvalue weighted by atomic mass is 10.2. The standard InChI is InChI=1S/C13H9F2NO2/c14-11-7-6-10(8-12(11)15)16(13(17)18)9-4-2-1-3-5-9/h1-8H,(H,17,18). The number of anilines is 2. The summed E-state index contributed by atoms with van der Waals surface area (Å²) in [6.45, 7) is 0. The number of benzene rings is 2. The van der Waals surface area contributed by atoms with Crippen molar-refractivity contribution < 1.29 is 18.7 Å². The molecule has 0 aliphatic rings. The second-order valence-corrected chi connectivity index (χ2v) is 3.55. The van der Waals surface area contributed by atoms with Crippen LogP contribution in [-0.4, -0.2) is 11.2 Å². The van der Waals surface area contributed by atoms with Gasteiger partial charge in [-0.25, -0.2) is 18.5 Å². The molecule has 0 aliphatic carbocycles. The van der Waals surface area contributed by atoms with Crippen LogP contribution in [0.5, 0.6) is 0 Å². The Kier molecular flexibility index (Phi) is 3.23. The van der Waals surface area contributed by atoms with Gasteiger partial charge in [-0.15, -0.1) is 0 Å². The highest BCUT2D eigenvalue weighted by Crippen LogP contribution is 2.26. The second kappa shape index (κ2) is 4.83. The van der Waals surface area contributed by atoms with E-state index in [1.165, 1.54) is 6.07 Å². The Bertz CT molecular complexity index is 572. The number of nitrogens with zero attached hydrogens (tertiary/aromatic N) is 1. The highest BCUT2D eigenvalue weighted by molar-refractivity contribution is 5.94. The highest BCUT2D eigenvalue weighted by atomic mass is 19.2. The third-order valence-electron chi connectivity index (χ3n) is 2.37. The van der Waals surface area contributed by atoms with Gasteiger partial charge in [0.2, 0.25) is 0 Å². The summed E-state index contributed by atoms with van der Waals surface area (Å²) in [5.41, 5.74) is 0.406. The zero-order valence-corrected chi connectivity index (χ0v) is 9.18. The monoisotopic (exact) mass is 249 g/mol. The molecular weight excluding hydrogens is 240 g/mol. The first-order chi connectivity index (χ1) is 8.59. The molecule has 2 rings (SSSR count). The fraction of sp³-hybridized carbons (Fsp3) is 0. The Morgan fingerprint density at radius 3 is 2.17 bits per heavy atom. The van der Waals surface area contributed by atoms with Crippen molar-refractivity contribution in [2.24, 2.45) is 0 Å². The summed E-state index contributed by atoms with van der Waals surface area (Å²) in [7, 11) is 0. The minimum atomic E-state index is -1.27.